The van der Waals surface area contributed by atoms with Crippen LogP contribution < -0.4 is 10.0 Å². The highest BCUT2D eigenvalue weighted by atomic mass is 35.5. The number of likely N-dealkylation sites (N-methyl/N-ethyl adjacent to an activating group) is 1. The van der Waals surface area contributed by atoms with E-state index in [0.717, 1.165) is 24.7 Å². The van der Waals surface area contributed by atoms with Crippen LogP contribution in [0.25, 0.3) is 0 Å². The molecule has 0 aliphatic heterocycles. The highest BCUT2D eigenvalue weighted by Gasteiger charge is 2.17. The fourth-order valence-corrected chi connectivity index (χ4v) is 2.78. The minimum atomic E-state index is -3.68. The molecule has 1 aromatic rings. The fourth-order valence-electron chi connectivity index (χ4n) is 1.22. The average Bonchev–Trinajstić information content (AvgIpc) is 2.24. The summed E-state index contributed by atoms with van der Waals surface area (Å²) >= 11 is 5.68. The van der Waals surface area contributed by atoms with Gasteiger partial charge in [-0.2, -0.15) is 0 Å². The maximum atomic E-state index is 12.8. The Hall–Kier alpha value is -0.400. The number of nitrogens with one attached hydrogen (secondary N) is 2. The van der Waals surface area contributed by atoms with Gasteiger partial charge in [0.2, 0.25) is 10.0 Å². The summed E-state index contributed by atoms with van der Waals surface area (Å²) in [5, 5.41) is 2.85. The maximum Gasteiger partial charge on any atom is 0.242 e. The van der Waals surface area contributed by atoms with Gasteiger partial charge in [-0.1, -0.05) is 18.5 Å². The molecule has 0 radical (unpaired) electrons. The molecule has 0 bridgehead atoms. The molecule has 1 rings (SSSR count). The Balaban J connectivity index is 0.00000289. The number of hydrogen-bond acceptors (Lipinski definition) is 3. The quantitative estimate of drug-likeness (QED) is 0.787. The minimum absolute atomic E-state index is 0. The summed E-state index contributed by atoms with van der Waals surface area (Å²) in [4.78, 5) is -0.114. The lowest BCUT2D eigenvalue weighted by atomic mass is 10.3. The van der Waals surface area contributed by atoms with Crippen LogP contribution in [0, 0.1) is 5.82 Å². The van der Waals surface area contributed by atoms with E-state index >= 15 is 0 Å². The number of hydrogen-bond donors (Lipinski definition) is 2. The van der Waals surface area contributed by atoms with Crippen LogP contribution in [0.5, 0.6) is 0 Å². The number of benzene rings is 1. The van der Waals surface area contributed by atoms with E-state index in [0.29, 0.717) is 6.54 Å². The molecule has 2 N–H and O–H groups in total. The van der Waals surface area contributed by atoms with Crippen LogP contribution in [-0.4, -0.2) is 28.1 Å². The monoisotopic (exact) mass is 316 g/mol. The lowest BCUT2D eigenvalue weighted by Crippen LogP contribution is -2.31. The zero-order valence-corrected chi connectivity index (χ0v) is 12.1. The van der Waals surface area contributed by atoms with Crippen molar-refractivity contribution in [2.24, 2.45) is 0 Å². The van der Waals surface area contributed by atoms with Crippen molar-refractivity contribution < 1.29 is 12.8 Å². The molecule has 8 heteroatoms. The Labute approximate surface area is 117 Å². The Morgan fingerprint density at radius 1 is 1.33 bits per heavy atom. The third-order valence-corrected chi connectivity index (χ3v) is 3.97. The van der Waals surface area contributed by atoms with Crippen molar-refractivity contribution in [3.05, 3.63) is 29.0 Å². The van der Waals surface area contributed by atoms with Crippen molar-refractivity contribution in [3.63, 3.8) is 0 Å². The SMILES string of the molecule is CCNCCNS(=O)(=O)c1ccc(F)cc1Cl.Cl. The lowest BCUT2D eigenvalue weighted by Gasteiger charge is -2.08. The second kappa shape index (κ2) is 7.91. The van der Waals surface area contributed by atoms with Crippen molar-refractivity contribution in [2.45, 2.75) is 11.8 Å². The van der Waals surface area contributed by atoms with E-state index in [1.54, 1.807) is 0 Å². The average molecular weight is 317 g/mol. The minimum Gasteiger partial charge on any atom is -0.316 e. The van der Waals surface area contributed by atoms with Crippen LogP contribution in [-0.2, 0) is 10.0 Å². The summed E-state index contributed by atoms with van der Waals surface area (Å²) in [5.74, 6) is -0.568. The van der Waals surface area contributed by atoms with Gasteiger partial charge in [-0.25, -0.2) is 17.5 Å². The van der Waals surface area contributed by atoms with Crippen LogP contribution in [0.2, 0.25) is 5.02 Å². The van der Waals surface area contributed by atoms with Gasteiger partial charge in [0.05, 0.1) is 5.02 Å². The summed E-state index contributed by atoms with van der Waals surface area (Å²) in [7, 11) is -3.68. The predicted molar refractivity (Wildman–Crippen MR) is 72.4 cm³/mol. The van der Waals surface area contributed by atoms with E-state index in [1.807, 2.05) is 6.92 Å². The molecule has 0 fully saturated rings. The molecule has 0 spiro atoms. The lowest BCUT2D eigenvalue weighted by molar-refractivity contribution is 0.576. The summed E-state index contributed by atoms with van der Waals surface area (Å²) in [6.07, 6.45) is 0. The second-order valence-electron chi connectivity index (χ2n) is 3.33. The van der Waals surface area contributed by atoms with Crippen molar-refractivity contribution in [1.29, 1.82) is 0 Å². The second-order valence-corrected chi connectivity index (χ2v) is 5.47. The van der Waals surface area contributed by atoms with Crippen LogP contribution in [0.1, 0.15) is 6.92 Å². The molecule has 0 saturated carbocycles. The molecule has 0 saturated heterocycles. The molecule has 1 aromatic carbocycles. The first-order chi connectivity index (χ1) is 7.97. The number of halogens is 3. The molecule has 0 aliphatic carbocycles. The molecular weight excluding hydrogens is 302 g/mol. The normalized spacial score (nSPS) is 11.1. The van der Waals surface area contributed by atoms with E-state index in [9.17, 15) is 12.8 Å². The van der Waals surface area contributed by atoms with Crippen LogP contribution in [0.15, 0.2) is 23.1 Å². The van der Waals surface area contributed by atoms with Gasteiger partial charge in [-0.05, 0) is 24.7 Å². The van der Waals surface area contributed by atoms with Gasteiger partial charge in [0.1, 0.15) is 10.7 Å². The van der Waals surface area contributed by atoms with E-state index in [-0.39, 0.29) is 28.9 Å². The molecule has 4 nitrogen and oxygen atoms in total. The van der Waals surface area contributed by atoms with Crippen LogP contribution >= 0.6 is 24.0 Å². The molecule has 0 unspecified atom stereocenters. The molecular formula is C10H15Cl2FN2O2S. The van der Waals surface area contributed by atoms with Crippen LogP contribution in [0.4, 0.5) is 4.39 Å². The summed E-state index contributed by atoms with van der Waals surface area (Å²) in [5.41, 5.74) is 0. The topological polar surface area (TPSA) is 58.2 Å². The Kier molecular flexibility index (Phi) is 7.73. The van der Waals surface area contributed by atoms with Crippen molar-refractivity contribution >= 4 is 34.0 Å². The zero-order chi connectivity index (χ0) is 12.9. The maximum absolute atomic E-state index is 12.8. The van der Waals surface area contributed by atoms with Crippen molar-refractivity contribution in [3.8, 4) is 0 Å². The summed E-state index contributed by atoms with van der Waals surface area (Å²) in [6.45, 7) is 3.46. The summed E-state index contributed by atoms with van der Waals surface area (Å²) in [6, 6.07) is 3.18. The third-order valence-electron chi connectivity index (χ3n) is 2.03. The smallest absolute Gasteiger partial charge is 0.242 e. The Morgan fingerprint density at radius 3 is 2.56 bits per heavy atom. The van der Waals surface area contributed by atoms with Gasteiger partial charge < -0.3 is 5.32 Å². The van der Waals surface area contributed by atoms with E-state index in [4.69, 9.17) is 11.6 Å². The molecule has 0 amide bonds. The van der Waals surface area contributed by atoms with Gasteiger partial charge in [-0.15, -0.1) is 12.4 Å². The molecule has 0 atom stereocenters. The van der Waals surface area contributed by atoms with Gasteiger partial charge in [0, 0.05) is 13.1 Å². The number of sulfonamides is 1. The molecule has 104 valence electrons. The fraction of sp³-hybridized carbons (Fsp3) is 0.400. The molecule has 0 aliphatic rings. The first-order valence-corrected chi connectivity index (χ1v) is 6.99. The molecule has 18 heavy (non-hydrogen) atoms. The number of rotatable bonds is 6. The third kappa shape index (κ3) is 5.07. The van der Waals surface area contributed by atoms with Gasteiger partial charge in [0.25, 0.3) is 0 Å². The van der Waals surface area contributed by atoms with Crippen LogP contribution in [0.3, 0.4) is 0 Å². The summed E-state index contributed by atoms with van der Waals surface area (Å²) < 4.78 is 38.7. The zero-order valence-electron chi connectivity index (χ0n) is 9.74. The van der Waals surface area contributed by atoms with Crippen molar-refractivity contribution in [2.75, 3.05) is 19.6 Å². The molecule has 0 heterocycles. The van der Waals surface area contributed by atoms with Gasteiger partial charge in [-0.3, -0.25) is 0 Å². The van der Waals surface area contributed by atoms with E-state index in [1.165, 1.54) is 0 Å². The van der Waals surface area contributed by atoms with Gasteiger partial charge >= 0.3 is 0 Å². The Bertz CT molecular complexity index is 483. The Morgan fingerprint density at radius 2 is 2.00 bits per heavy atom. The standard InChI is InChI=1S/C10H14ClFN2O2S.ClH/c1-2-13-5-6-14-17(15,16)10-4-3-8(12)7-9(10)11;/h3-4,7,13-14H,2,5-6H2,1H3;1H. The largest absolute Gasteiger partial charge is 0.316 e. The molecule has 0 aromatic heterocycles. The predicted octanol–water partition coefficient (Wildman–Crippen LogP) is 1.79. The van der Waals surface area contributed by atoms with E-state index < -0.39 is 15.8 Å². The van der Waals surface area contributed by atoms with E-state index in [2.05, 4.69) is 10.0 Å². The van der Waals surface area contributed by atoms with Gasteiger partial charge in [0.15, 0.2) is 0 Å². The first kappa shape index (κ1) is 17.6. The first-order valence-electron chi connectivity index (χ1n) is 5.13. The highest BCUT2D eigenvalue weighted by Crippen LogP contribution is 2.21. The highest BCUT2D eigenvalue weighted by molar-refractivity contribution is 7.89. The van der Waals surface area contributed by atoms with Crippen molar-refractivity contribution in [1.82, 2.24) is 10.0 Å².